The van der Waals surface area contributed by atoms with Crippen molar-refractivity contribution in [2.75, 3.05) is 22.1 Å². The van der Waals surface area contributed by atoms with Crippen LogP contribution in [0.15, 0.2) is 17.6 Å². The van der Waals surface area contributed by atoms with Crippen molar-refractivity contribution < 1.29 is 9.90 Å². The lowest BCUT2D eigenvalue weighted by Gasteiger charge is -2.24. The smallest absolute Gasteiger partial charge is 0.249 e. The van der Waals surface area contributed by atoms with Crippen LogP contribution in [0.2, 0.25) is 0 Å². The Bertz CT molecular complexity index is 1110. The molecule has 3 aromatic heterocycles. The fourth-order valence-electron chi connectivity index (χ4n) is 4.23. The number of carbonyl (C=O) groups is 1. The van der Waals surface area contributed by atoms with Crippen LogP contribution in [0.4, 0.5) is 22.7 Å². The molecule has 0 saturated carbocycles. The highest BCUT2D eigenvalue weighted by atomic mass is 32.1. The molecule has 1 aliphatic heterocycles. The van der Waals surface area contributed by atoms with E-state index in [0.717, 1.165) is 36.2 Å². The summed E-state index contributed by atoms with van der Waals surface area (Å²) in [4.78, 5) is 28.4. The largest absolute Gasteiger partial charge is 0.391 e. The van der Waals surface area contributed by atoms with Gasteiger partial charge in [0, 0.05) is 41.9 Å². The highest BCUT2D eigenvalue weighted by molar-refractivity contribution is 7.13. The first kappa shape index (κ1) is 20.8. The summed E-state index contributed by atoms with van der Waals surface area (Å²) in [7, 11) is 0. The zero-order valence-electron chi connectivity index (χ0n) is 18.0. The van der Waals surface area contributed by atoms with Crippen LogP contribution < -0.4 is 15.5 Å². The number of fused-ring (bicyclic) bond motifs is 1. The number of aliphatic hydroxyl groups is 1. The first-order chi connectivity index (χ1) is 15.5. The number of thiazole rings is 1. The van der Waals surface area contributed by atoms with Gasteiger partial charge in [-0.25, -0.2) is 9.97 Å². The Morgan fingerprint density at radius 2 is 2.22 bits per heavy atom. The van der Waals surface area contributed by atoms with E-state index >= 15 is 0 Å². The van der Waals surface area contributed by atoms with Crippen molar-refractivity contribution in [3.05, 3.63) is 34.6 Å². The van der Waals surface area contributed by atoms with Gasteiger partial charge in [-0.15, -0.1) is 11.3 Å². The molecule has 168 valence electrons. The summed E-state index contributed by atoms with van der Waals surface area (Å²) in [6.45, 7) is 4.51. The van der Waals surface area contributed by atoms with Crippen LogP contribution in [0.1, 0.15) is 49.6 Å². The zero-order chi connectivity index (χ0) is 22.2. The lowest BCUT2D eigenvalue weighted by Crippen LogP contribution is -2.40. The summed E-state index contributed by atoms with van der Waals surface area (Å²) in [5.74, 6) is 1.98. The summed E-state index contributed by atoms with van der Waals surface area (Å²) in [5.41, 5.74) is 3.11. The van der Waals surface area contributed by atoms with Crippen molar-refractivity contribution in [1.82, 2.24) is 25.1 Å². The van der Waals surface area contributed by atoms with Gasteiger partial charge >= 0.3 is 0 Å². The fraction of sp³-hybridized carbons (Fsp3) is 0.476. The molecule has 1 saturated heterocycles. The van der Waals surface area contributed by atoms with Crippen LogP contribution in [-0.2, 0) is 17.6 Å². The maximum atomic E-state index is 12.9. The number of β-amino-alcohol motifs (C(OH)–C–C–N with tert-alkyl or cyclic N) is 1. The number of hydrogen-bond acceptors (Lipinski definition) is 9. The third-order valence-corrected chi connectivity index (χ3v) is 6.58. The molecule has 4 heterocycles. The average molecular weight is 455 g/mol. The Balaban J connectivity index is 1.44. The summed E-state index contributed by atoms with van der Waals surface area (Å²) in [5, 5.41) is 26.3. The lowest BCUT2D eigenvalue weighted by atomic mass is 10.1. The number of anilines is 4. The van der Waals surface area contributed by atoms with Crippen molar-refractivity contribution in [2.45, 2.75) is 57.6 Å². The second-order valence-corrected chi connectivity index (χ2v) is 9.42. The number of aliphatic hydroxyl groups excluding tert-OH is 1. The van der Waals surface area contributed by atoms with Crippen molar-refractivity contribution in [2.24, 2.45) is 0 Å². The Labute approximate surface area is 189 Å². The first-order valence-corrected chi connectivity index (χ1v) is 11.7. The molecule has 2 atom stereocenters. The average Bonchev–Trinajstić information content (AvgIpc) is 3.54. The highest BCUT2D eigenvalue weighted by Crippen LogP contribution is 2.33. The molecule has 0 bridgehead atoms. The van der Waals surface area contributed by atoms with E-state index in [1.165, 1.54) is 11.3 Å². The maximum absolute atomic E-state index is 12.9. The van der Waals surface area contributed by atoms with Gasteiger partial charge in [-0.2, -0.15) is 10.1 Å². The second kappa shape index (κ2) is 8.47. The van der Waals surface area contributed by atoms with E-state index in [-0.39, 0.29) is 5.91 Å². The number of hydrogen-bond donors (Lipinski definition) is 4. The normalized spacial score (nSPS) is 20.1. The zero-order valence-corrected chi connectivity index (χ0v) is 18.8. The van der Waals surface area contributed by atoms with Crippen molar-refractivity contribution in [3.63, 3.8) is 0 Å². The molecule has 0 unspecified atom stereocenters. The molecule has 32 heavy (non-hydrogen) atoms. The Morgan fingerprint density at radius 3 is 2.97 bits per heavy atom. The molecule has 0 aromatic carbocycles. The number of amides is 1. The van der Waals surface area contributed by atoms with Crippen LogP contribution >= 0.6 is 11.3 Å². The number of H-pyrrole nitrogens is 1. The van der Waals surface area contributed by atoms with Crippen LogP contribution in [0, 0.1) is 0 Å². The van der Waals surface area contributed by atoms with Crippen LogP contribution in [-0.4, -0.2) is 54.9 Å². The van der Waals surface area contributed by atoms with E-state index in [0.29, 0.717) is 41.6 Å². The van der Waals surface area contributed by atoms with Gasteiger partial charge in [-0.1, -0.05) is 13.8 Å². The minimum Gasteiger partial charge on any atom is -0.391 e. The van der Waals surface area contributed by atoms with E-state index in [9.17, 15) is 9.90 Å². The summed E-state index contributed by atoms with van der Waals surface area (Å²) in [6, 6.07) is 1.41. The SMILES string of the molecule is CC(C)c1cc(Nc2nc(N3C[C@@H](O)C[C@@H]3C(=O)Nc3nccs3)nc3c2CCC3)n[nH]1. The summed E-state index contributed by atoms with van der Waals surface area (Å²) < 4.78 is 0. The monoisotopic (exact) mass is 454 g/mol. The number of aryl methyl sites for hydroxylation is 1. The standard InChI is InChI=1S/C21H26N8O2S/c1-11(2)15-9-17(28-27-15)24-18-13-4-3-5-14(13)23-20(25-18)29-10-12(30)8-16(29)19(31)26-21-22-6-7-32-21/h6-7,9,11-12,16,30H,3-5,8,10H2,1-2H3,(H,22,26,31)(H2,23,24,25,27,28)/t12-,16+/m0/s1. The molecule has 10 nitrogen and oxygen atoms in total. The highest BCUT2D eigenvalue weighted by Gasteiger charge is 2.38. The van der Waals surface area contributed by atoms with E-state index in [4.69, 9.17) is 9.97 Å². The molecule has 1 aliphatic carbocycles. The molecule has 3 aromatic rings. The third-order valence-electron chi connectivity index (χ3n) is 5.89. The number of nitrogens with one attached hydrogen (secondary N) is 3. The molecule has 0 radical (unpaired) electrons. The van der Waals surface area contributed by atoms with Crippen LogP contribution in [0.3, 0.4) is 0 Å². The second-order valence-electron chi connectivity index (χ2n) is 8.52. The van der Waals surface area contributed by atoms with Crippen LogP contribution in [0.25, 0.3) is 0 Å². The molecular formula is C21H26N8O2S. The molecule has 0 spiro atoms. The summed E-state index contributed by atoms with van der Waals surface area (Å²) in [6.07, 6.45) is 4.10. The molecular weight excluding hydrogens is 428 g/mol. The topological polar surface area (TPSA) is 132 Å². The van der Waals surface area contributed by atoms with E-state index < -0.39 is 12.1 Å². The van der Waals surface area contributed by atoms with Gasteiger partial charge in [-0.3, -0.25) is 9.89 Å². The van der Waals surface area contributed by atoms with E-state index in [1.54, 1.807) is 16.5 Å². The van der Waals surface area contributed by atoms with Gasteiger partial charge in [0.1, 0.15) is 11.9 Å². The molecule has 11 heteroatoms. The predicted octanol–water partition coefficient (Wildman–Crippen LogP) is 2.59. The number of aromatic nitrogens is 5. The molecule has 2 aliphatic rings. The minimum atomic E-state index is -0.629. The fourth-order valence-corrected chi connectivity index (χ4v) is 4.76. The Hall–Kier alpha value is -3.05. The Kier molecular flexibility index (Phi) is 5.51. The molecule has 4 N–H and O–H groups in total. The maximum Gasteiger partial charge on any atom is 0.249 e. The van der Waals surface area contributed by atoms with Crippen LogP contribution in [0.5, 0.6) is 0 Å². The minimum absolute atomic E-state index is 0.219. The van der Waals surface area contributed by atoms with Gasteiger partial charge in [0.15, 0.2) is 10.9 Å². The van der Waals surface area contributed by atoms with Gasteiger partial charge in [-0.05, 0) is 25.2 Å². The molecule has 1 amide bonds. The quantitative estimate of drug-likeness (QED) is 0.447. The van der Waals surface area contributed by atoms with Gasteiger partial charge in [0.05, 0.1) is 11.8 Å². The first-order valence-electron chi connectivity index (χ1n) is 10.8. The van der Waals surface area contributed by atoms with Gasteiger partial charge in [0.2, 0.25) is 11.9 Å². The van der Waals surface area contributed by atoms with Gasteiger partial charge < -0.3 is 20.6 Å². The number of rotatable bonds is 6. The Morgan fingerprint density at radius 1 is 1.34 bits per heavy atom. The van der Waals surface area contributed by atoms with Gasteiger partial charge in [0.25, 0.3) is 0 Å². The third kappa shape index (κ3) is 4.05. The molecule has 1 fully saturated rings. The summed E-state index contributed by atoms with van der Waals surface area (Å²) >= 11 is 1.36. The molecule has 5 rings (SSSR count). The predicted molar refractivity (Wildman–Crippen MR) is 123 cm³/mol. The van der Waals surface area contributed by atoms with E-state index in [1.807, 2.05) is 6.07 Å². The number of carbonyl (C=O) groups excluding carboxylic acids is 1. The van der Waals surface area contributed by atoms with E-state index in [2.05, 4.69) is 39.7 Å². The van der Waals surface area contributed by atoms with Crippen molar-refractivity contribution in [3.8, 4) is 0 Å². The number of nitrogens with zero attached hydrogens (tertiary/aromatic N) is 5. The number of aromatic amines is 1. The van der Waals surface area contributed by atoms with Crippen molar-refractivity contribution >= 4 is 40.0 Å². The van der Waals surface area contributed by atoms with Crippen molar-refractivity contribution in [1.29, 1.82) is 0 Å². The lowest BCUT2D eigenvalue weighted by molar-refractivity contribution is -0.117.